The zero-order chi connectivity index (χ0) is 17.4. The van der Waals surface area contributed by atoms with E-state index in [4.69, 9.17) is 0 Å². The fraction of sp³-hybridized carbons (Fsp3) is 0.625. The van der Waals surface area contributed by atoms with E-state index in [0.29, 0.717) is 19.0 Å². The molecule has 1 aliphatic heterocycles. The molecular formula is C16H24N2O4S2. The number of hydrogen-bond acceptors (Lipinski definition) is 4. The first-order valence-corrected chi connectivity index (χ1v) is 11.3. The fourth-order valence-electron chi connectivity index (χ4n) is 2.99. The summed E-state index contributed by atoms with van der Waals surface area (Å²) in [6, 6.07) is 5.50. The first-order valence-electron chi connectivity index (χ1n) is 8.42. The van der Waals surface area contributed by atoms with Gasteiger partial charge in [-0.2, -0.15) is 4.31 Å². The molecule has 134 valence electrons. The molecule has 1 aromatic rings. The monoisotopic (exact) mass is 372 g/mol. The van der Waals surface area contributed by atoms with Crippen molar-refractivity contribution >= 4 is 20.0 Å². The Hall–Kier alpha value is -0.960. The van der Waals surface area contributed by atoms with Crippen molar-refractivity contribution in [3.63, 3.8) is 0 Å². The molecule has 0 aromatic heterocycles. The third kappa shape index (κ3) is 3.82. The van der Waals surface area contributed by atoms with Gasteiger partial charge in [0, 0.05) is 19.1 Å². The highest BCUT2D eigenvalue weighted by Gasteiger charge is 2.31. The summed E-state index contributed by atoms with van der Waals surface area (Å²) in [5.74, 6) is 0.444. The van der Waals surface area contributed by atoms with Crippen molar-refractivity contribution in [3.8, 4) is 0 Å². The van der Waals surface area contributed by atoms with Gasteiger partial charge in [0.15, 0.2) is 0 Å². The second kappa shape index (κ2) is 6.74. The standard InChI is InChI=1S/C16H24N2O4S2/c1-13-4-2-3-11-18(13)24(21,22)16-9-7-15(8-10-16)23(19,20)17-12-14-5-6-14/h7-10,13-14,17H,2-6,11-12H2,1H3/t13-/m1/s1. The predicted octanol–water partition coefficient (Wildman–Crippen LogP) is 1.94. The minimum Gasteiger partial charge on any atom is -0.211 e. The Balaban J connectivity index is 1.78. The molecule has 6 nitrogen and oxygen atoms in total. The molecule has 1 saturated heterocycles. The molecule has 8 heteroatoms. The topological polar surface area (TPSA) is 83.6 Å². The molecule has 24 heavy (non-hydrogen) atoms. The van der Waals surface area contributed by atoms with Crippen LogP contribution in [0, 0.1) is 5.92 Å². The van der Waals surface area contributed by atoms with E-state index in [1.54, 1.807) is 0 Å². The summed E-state index contributed by atoms with van der Waals surface area (Å²) in [4.78, 5) is 0.256. The van der Waals surface area contributed by atoms with Crippen molar-refractivity contribution in [3.05, 3.63) is 24.3 Å². The molecule has 1 saturated carbocycles. The van der Waals surface area contributed by atoms with E-state index in [0.717, 1.165) is 32.1 Å². The van der Waals surface area contributed by atoms with Crippen LogP contribution in [0.3, 0.4) is 0 Å². The van der Waals surface area contributed by atoms with Crippen LogP contribution in [-0.4, -0.2) is 40.3 Å². The van der Waals surface area contributed by atoms with E-state index in [2.05, 4.69) is 4.72 Å². The van der Waals surface area contributed by atoms with Crippen LogP contribution >= 0.6 is 0 Å². The van der Waals surface area contributed by atoms with Crippen molar-refractivity contribution in [1.82, 2.24) is 9.03 Å². The SMILES string of the molecule is C[C@@H]1CCCCN1S(=O)(=O)c1ccc(S(=O)(=O)NCC2CC2)cc1. The van der Waals surface area contributed by atoms with Gasteiger partial charge in [-0.3, -0.25) is 0 Å². The van der Waals surface area contributed by atoms with Crippen LogP contribution in [0.4, 0.5) is 0 Å². The molecule has 1 atom stereocenters. The zero-order valence-electron chi connectivity index (χ0n) is 13.8. The lowest BCUT2D eigenvalue weighted by Crippen LogP contribution is -2.41. The summed E-state index contributed by atoms with van der Waals surface area (Å²) in [5, 5.41) is 0. The van der Waals surface area contributed by atoms with Crippen molar-refractivity contribution in [1.29, 1.82) is 0 Å². The van der Waals surface area contributed by atoms with E-state index in [-0.39, 0.29) is 15.8 Å². The first-order chi connectivity index (χ1) is 11.3. The van der Waals surface area contributed by atoms with Crippen molar-refractivity contribution in [2.45, 2.75) is 54.9 Å². The highest BCUT2D eigenvalue weighted by atomic mass is 32.2. The van der Waals surface area contributed by atoms with Gasteiger partial charge in [0.2, 0.25) is 20.0 Å². The average molecular weight is 373 g/mol. The van der Waals surface area contributed by atoms with Gasteiger partial charge in [-0.1, -0.05) is 6.42 Å². The molecular weight excluding hydrogens is 348 g/mol. The predicted molar refractivity (Wildman–Crippen MR) is 91.6 cm³/mol. The summed E-state index contributed by atoms with van der Waals surface area (Å²) in [6.07, 6.45) is 4.89. The summed E-state index contributed by atoms with van der Waals surface area (Å²) < 4.78 is 54.0. The van der Waals surface area contributed by atoms with Gasteiger partial charge in [0.25, 0.3) is 0 Å². The lowest BCUT2D eigenvalue weighted by Gasteiger charge is -2.32. The summed E-state index contributed by atoms with van der Waals surface area (Å²) in [7, 11) is -7.14. The number of sulfonamides is 2. The fourth-order valence-corrected chi connectivity index (χ4v) is 5.80. The van der Waals surface area contributed by atoms with E-state index in [9.17, 15) is 16.8 Å². The van der Waals surface area contributed by atoms with Gasteiger partial charge >= 0.3 is 0 Å². The van der Waals surface area contributed by atoms with Crippen LogP contribution in [0.1, 0.15) is 39.0 Å². The molecule has 0 radical (unpaired) electrons. The Bertz CT molecular complexity index is 784. The van der Waals surface area contributed by atoms with Gasteiger partial charge in [0.05, 0.1) is 9.79 Å². The molecule has 1 heterocycles. The maximum atomic E-state index is 12.7. The number of piperidine rings is 1. The maximum absolute atomic E-state index is 12.7. The van der Waals surface area contributed by atoms with Gasteiger partial charge < -0.3 is 0 Å². The molecule has 2 fully saturated rings. The van der Waals surface area contributed by atoms with E-state index in [1.165, 1.54) is 28.6 Å². The van der Waals surface area contributed by atoms with Gasteiger partial charge in [-0.05, 0) is 62.8 Å². The Morgan fingerprint density at radius 3 is 2.21 bits per heavy atom. The largest absolute Gasteiger partial charge is 0.243 e. The lowest BCUT2D eigenvalue weighted by atomic mass is 10.1. The van der Waals surface area contributed by atoms with Crippen LogP contribution in [0.2, 0.25) is 0 Å². The lowest BCUT2D eigenvalue weighted by molar-refractivity contribution is 0.268. The van der Waals surface area contributed by atoms with Gasteiger partial charge in [0.1, 0.15) is 0 Å². The van der Waals surface area contributed by atoms with Crippen molar-refractivity contribution in [2.24, 2.45) is 5.92 Å². The minimum absolute atomic E-state index is 0.0210. The molecule has 1 aromatic carbocycles. The smallest absolute Gasteiger partial charge is 0.211 e. The highest BCUT2D eigenvalue weighted by molar-refractivity contribution is 7.89. The normalized spacial score (nSPS) is 23.3. The summed E-state index contributed by atoms with van der Waals surface area (Å²) in [5.41, 5.74) is 0. The molecule has 1 N–H and O–H groups in total. The molecule has 1 aliphatic carbocycles. The molecule has 0 bridgehead atoms. The van der Waals surface area contributed by atoms with Crippen LogP contribution in [-0.2, 0) is 20.0 Å². The average Bonchev–Trinajstić information content (AvgIpc) is 3.38. The third-order valence-corrected chi connectivity index (χ3v) is 8.21. The number of benzene rings is 1. The molecule has 0 amide bonds. The number of nitrogens with one attached hydrogen (secondary N) is 1. The van der Waals surface area contributed by atoms with Crippen molar-refractivity contribution in [2.75, 3.05) is 13.1 Å². The Morgan fingerprint density at radius 2 is 1.62 bits per heavy atom. The van der Waals surface area contributed by atoms with E-state index in [1.807, 2.05) is 6.92 Å². The van der Waals surface area contributed by atoms with E-state index < -0.39 is 20.0 Å². The minimum atomic E-state index is -3.57. The van der Waals surface area contributed by atoms with Crippen LogP contribution in [0.15, 0.2) is 34.1 Å². The summed E-state index contributed by atoms with van der Waals surface area (Å²) >= 11 is 0. The summed E-state index contributed by atoms with van der Waals surface area (Å²) in [6.45, 7) is 2.89. The number of nitrogens with zero attached hydrogens (tertiary/aromatic N) is 1. The number of rotatable bonds is 6. The first kappa shape index (κ1) is 17.8. The van der Waals surface area contributed by atoms with Gasteiger partial charge in [-0.25, -0.2) is 21.6 Å². The second-order valence-electron chi connectivity index (χ2n) is 6.73. The van der Waals surface area contributed by atoms with E-state index >= 15 is 0 Å². The second-order valence-corrected chi connectivity index (χ2v) is 10.4. The maximum Gasteiger partial charge on any atom is 0.243 e. The molecule has 2 aliphatic rings. The third-order valence-electron chi connectivity index (χ3n) is 4.74. The Kier molecular flexibility index (Phi) is 5.01. The zero-order valence-corrected chi connectivity index (χ0v) is 15.4. The number of hydrogen-bond donors (Lipinski definition) is 1. The van der Waals surface area contributed by atoms with Gasteiger partial charge in [-0.15, -0.1) is 0 Å². The molecule has 0 unspecified atom stereocenters. The highest BCUT2D eigenvalue weighted by Crippen LogP contribution is 2.28. The molecule has 0 spiro atoms. The van der Waals surface area contributed by atoms with Crippen LogP contribution in [0.5, 0.6) is 0 Å². The quantitative estimate of drug-likeness (QED) is 0.827. The van der Waals surface area contributed by atoms with Crippen molar-refractivity contribution < 1.29 is 16.8 Å². The molecule has 3 rings (SSSR count). The Labute approximate surface area is 144 Å². The Morgan fingerprint density at radius 1 is 1.00 bits per heavy atom. The van der Waals surface area contributed by atoms with Crippen LogP contribution < -0.4 is 4.72 Å². The van der Waals surface area contributed by atoms with Crippen LogP contribution in [0.25, 0.3) is 0 Å².